The highest BCUT2D eigenvalue weighted by Crippen LogP contribution is 2.32. The standard InChI is InChI=1S/C22H21BrN2O4/c1-14(2)12-27-19-6-4-18(23)9-16(19)8-17(10-24)22(26)25-11-15-3-5-20-21(7-15)29-13-28-20/h3-9,14H,11-13H2,1-2H3,(H,25,26)/b17-8+. The maximum Gasteiger partial charge on any atom is 0.262 e. The molecule has 0 spiro atoms. The Hall–Kier alpha value is -2.98. The van der Waals surface area contributed by atoms with Crippen molar-refractivity contribution in [1.29, 1.82) is 5.26 Å². The van der Waals surface area contributed by atoms with E-state index in [0.29, 0.717) is 35.3 Å². The van der Waals surface area contributed by atoms with Crippen molar-refractivity contribution in [3.8, 4) is 23.3 Å². The smallest absolute Gasteiger partial charge is 0.262 e. The fourth-order valence-corrected chi connectivity index (χ4v) is 3.03. The minimum absolute atomic E-state index is 0.00163. The minimum Gasteiger partial charge on any atom is -0.493 e. The summed E-state index contributed by atoms with van der Waals surface area (Å²) in [5.41, 5.74) is 1.51. The van der Waals surface area contributed by atoms with Crippen LogP contribution < -0.4 is 19.5 Å². The number of carbonyl (C=O) groups excluding carboxylic acids is 1. The van der Waals surface area contributed by atoms with Gasteiger partial charge in [-0.3, -0.25) is 4.79 Å². The molecule has 1 amide bonds. The normalized spacial score (nSPS) is 12.6. The maximum absolute atomic E-state index is 12.5. The van der Waals surface area contributed by atoms with E-state index in [1.807, 2.05) is 36.4 Å². The van der Waals surface area contributed by atoms with Crippen molar-refractivity contribution in [2.24, 2.45) is 5.92 Å². The molecule has 0 saturated carbocycles. The third-order valence-electron chi connectivity index (χ3n) is 4.10. The molecule has 0 atom stereocenters. The van der Waals surface area contributed by atoms with Gasteiger partial charge in [0, 0.05) is 16.6 Å². The van der Waals surface area contributed by atoms with Crippen molar-refractivity contribution in [2.45, 2.75) is 20.4 Å². The van der Waals surface area contributed by atoms with E-state index < -0.39 is 5.91 Å². The van der Waals surface area contributed by atoms with E-state index in [4.69, 9.17) is 14.2 Å². The summed E-state index contributed by atoms with van der Waals surface area (Å²) in [4.78, 5) is 12.5. The molecule has 0 saturated heterocycles. The summed E-state index contributed by atoms with van der Waals surface area (Å²) in [6.07, 6.45) is 1.54. The first-order valence-corrected chi connectivity index (χ1v) is 9.96. The molecule has 0 unspecified atom stereocenters. The van der Waals surface area contributed by atoms with Crippen LogP contribution in [-0.2, 0) is 11.3 Å². The Kier molecular flexibility index (Phi) is 6.78. The van der Waals surface area contributed by atoms with Gasteiger partial charge in [-0.25, -0.2) is 0 Å². The van der Waals surface area contributed by atoms with E-state index >= 15 is 0 Å². The summed E-state index contributed by atoms with van der Waals surface area (Å²) in [5.74, 6) is 1.85. The Labute approximate surface area is 178 Å². The summed E-state index contributed by atoms with van der Waals surface area (Å²) in [7, 11) is 0. The number of nitrogens with one attached hydrogen (secondary N) is 1. The molecule has 1 N–H and O–H groups in total. The molecule has 0 aromatic heterocycles. The second-order valence-electron chi connectivity index (χ2n) is 6.93. The van der Waals surface area contributed by atoms with Gasteiger partial charge in [-0.1, -0.05) is 35.8 Å². The fraction of sp³-hybridized carbons (Fsp3) is 0.273. The fourth-order valence-electron chi connectivity index (χ4n) is 2.65. The van der Waals surface area contributed by atoms with E-state index in [1.54, 1.807) is 6.07 Å². The largest absolute Gasteiger partial charge is 0.493 e. The number of rotatable bonds is 7. The minimum atomic E-state index is -0.458. The summed E-state index contributed by atoms with van der Waals surface area (Å²) in [6.45, 7) is 5.11. The Morgan fingerprint density at radius 2 is 2.07 bits per heavy atom. The van der Waals surface area contributed by atoms with Crippen LogP contribution >= 0.6 is 15.9 Å². The molecular weight excluding hydrogens is 436 g/mol. The number of carbonyl (C=O) groups is 1. The maximum atomic E-state index is 12.5. The van der Waals surface area contributed by atoms with Gasteiger partial charge < -0.3 is 19.5 Å². The predicted molar refractivity (Wildman–Crippen MR) is 112 cm³/mol. The number of halogens is 1. The molecule has 6 nitrogen and oxygen atoms in total. The molecule has 29 heavy (non-hydrogen) atoms. The number of amides is 1. The van der Waals surface area contributed by atoms with Crippen LogP contribution in [-0.4, -0.2) is 19.3 Å². The molecule has 0 bridgehead atoms. The highest BCUT2D eigenvalue weighted by atomic mass is 79.9. The first-order chi connectivity index (χ1) is 14.0. The first kappa shape index (κ1) is 20.7. The summed E-state index contributed by atoms with van der Waals surface area (Å²) < 4.78 is 17.3. The van der Waals surface area contributed by atoms with Crippen molar-refractivity contribution in [3.63, 3.8) is 0 Å². The highest BCUT2D eigenvalue weighted by Gasteiger charge is 2.15. The van der Waals surface area contributed by atoms with Crippen LogP contribution in [0.25, 0.3) is 6.08 Å². The average Bonchev–Trinajstić information content (AvgIpc) is 3.17. The van der Waals surface area contributed by atoms with E-state index in [9.17, 15) is 10.1 Å². The molecule has 0 aliphatic carbocycles. The summed E-state index contributed by atoms with van der Waals surface area (Å²) in [6, 6.07) is 12.9. The molecule has 2 aromatic carbocycles. The molecule has 150 valence electrons. The van der Waals surface area contributed by atoms with Crippen molar-refractivity contribution in [2.75, 3.05) is 13.4 Å². The second kappa shape index (κ2) is 9.48. The predicted octanol–water partition coefficient (Wildman–Crippen LogP) is 4.44. The highest BCUT2D eigenvalue weighted by molar-refractivity contribution is 9.10. The van der Waals surface area contributed by atoms with Crippen LogP contribution in [0, 0.1) is 17.2 Å². The third-order valence-corrected chi connectivity index (χ3v) is 4.59. The lowest BCUT2D eigenvalue weighted by Crippen LogP contribution is -2.24. The molecule has 3 rings (SSSR count). The lowest BCUT2D eigenvalue weighted by Gasteiger charge is -2.12. The van der Waals surface area contributed by atoms with Gasteiger partial charge in [-0.2, -0.15) is 5.26 Å². The van der Waals surface area contributed by atoms with Gasteiger partial charge in [-0.05, 0) is 47.9 Å². The number of hydrogen-bond donors (Lipinski definition) is 1. The number of hydrogen-bond acceptors (Lipinski definition) is 5. The van der Waals surface area contributed by atoms with E-state index in [1.165, 1.54) is 6.08 Å². The van der Waals surface area contributed by atoms with Crippen molar-refractivity contribution < 1.29 is 19.0 Å². The molecule has 0 fully saturated rings. The van der Waals surface area contributed by atoms with Crippen LogP contribution in [0.5, 0.6) is 17.2 Å². The molecule has 7 heteroatoms. The second-order valence-corrected chi connectivity index (χ2v) is 7.84. The van der Waals surface area contributed by atoms with Gasteiger partial charge in [-0.15, -0.1) is 0 Å². The Bertz CT molecular complexity index is 979. The lowest BCUT2D eigenvalue weighted by molar-refractivity contribution is -0.117. The van der Waals surface area contributed by atoms with E-state index in [2.05, 4.69) is 35.1 Å². The molecule has 1 aliphatic heterocycles. The summed E-state index contributed by atoms with van der Waals surface area (Å²) >= 11 is 3.42. The first-order valence-electron chi connectivity index (χ1n) is 9.17. The van der Waals surface area contributed by atoms with Gasteiger partial charge in [0.25, 0.3) is 5.91 Å². The molecule has 1 aliphatic rings. The Morgan fingerprint density at radius 3 is 2.83 bits per heavy atom. The van der Waals surface area contributed by atoms with Crippen LogP contribution in [0.3, 0.4) is 0 Å². The monoisotopic (exact) mass is 456 g/mol. The van der Waals surface area contributed by atoms with Crippen molar-refractivity contribution in [3.05, 3.63) is 57.6 Å². The van der Waals surface area contributed by atoms with Crippen LogP contribution in [0.2, 0.25) is 0 Å². The van der Waals surface area contributed by atoms with Gasteiger partial charge in [0.1, 0.15) is 17.4 Å². The van der Waals surface area contributed by atoms with Gasteiger partial charge >= 0.3 is 0 Å². The zero-order valence-electron chi connectivity index (χ0n) is 16.2. The molecular formula is C22H21BrN2O4. The van der Waals surface area contributed by atoms with Gasteiger partial charge in [0.15, 0.2) is 11.5 Å². The quantitative estimate of drug-likeness (QED) is 0.492. The van der Waals surface area contributed by atoms with Gasteiger partial charge in [0.2, 0.25) is 6.79 Å². The zero-order valence-corrected chi connectivity index (χ0v) is 17.8. The molecule has 1 heterocycles. The molecule has 0 radical (unpaired) electrons. The summed E-state index contributed by atoms with van der Waals surface area (Å²) in [5, 5.41) is 12.3. The van der Waals surface area contributed by atoms with E-state index in [-0.39, 0.29) is 18.9 Å². The Morgan fingerprint density at radius 1 is 1.28 bits per heavy atom. The number of ether oxygens (including phenoxy) is 3. The van der Waals surface area contributed by atoms with Gasteiger partial charge in [0.05, 0.1) is 6.61 Å². The third kappa shape index (κ3) is 5.52. The van der Waals surface area contributed by atoms with Crippen LogP contribution in [0.1, 0.15) is 25.0 Å². The topological polar surface area (TPSA) is 80.6 Å². The molecule has 2 aromatic rings. The number of benzene rings is 2. The lowest BCUT2D eigenvalue weighted by atomic mass is 10.1. The number of fused-ring (bicyclic) bond motifs is 1. The van der Waals surface area contributed by atoms with Crippen LogP contribution in [0.4, 0.5) is 0 Å². The van der Waals surface area contributed by atoms with Crippen molar-refractivity contribution >= 4 is 27.9 Å². The Balaban J connectivity index is 1.73. The average molecular weight is 457 g/mol. The number of nitrogens with zero attached hydrogens (tertiary/aromatic N) is 1. The van der Waals surface area contributed by atoms with E-state index in [0.717, 1.165) is 10.0 Å². The van der Waals surface area contributed by atoms with Crippen molar-refractivity contribution in [1.82, 2.24) is 5.32 Å². The zero-order chi connectivity index (χ0) is 20.8. The van der Waals surface area contributed by atoms with Crippen LogP contribution in [0.15, 0.2) is 46.4 Å². The SMILES string of the molecule is CC(C)COc1ccc(Br)cc1/C=C(\C#N)C(=O)NCc1ccc2c(c1)OCO2. The number of nitriles is 1.